The van der Waals surface area contributed by atoms with Gasteiger partial charge in [0.2, 0.25) is 0 Å². The number of hydrogen-bond acceptors (Lipinski definition) is 4. The summed E-state index contributed by atoms with van der Waals surface area (Å²) in [7, 11) is 0. The summed E-state index contributed by atoms with van der Waals surface area (Å²) in [6, 6.07) is 16.6. The number of anilines is 1. The summed E-state index contributed by atoms with van der Waals surface area (Å²) in [5, 5.41) is 7.36. The summed E-state index contributed by atoms with van der Waals surface area (Å²) in [6.45, 7) is 5.55. The van der Waals surface area contributed by atoms with Crippen LogP contribution in [0.15, 0.2) is 54.6 Å². The molecule has 1 aliphatic rings. The van der Waals surface area contributed by atoms with Gasteiger partial charge in [-0.15, -0.1) is 0 Å². The zero-order valence-electron chi connectivity index (χ0n) is 16.0. The van der Waals surface area contributed by atoms with Crippen LogP contribution in [0.5, 0.6) is 0 Å². The predicted octanol–water partition coefficient (Wildman–Crippen LogP) is 3.60. The van der Waals surface area contributed by atoms with Gasteiger partial charge in [0, 0.05) is 17.8 Å². The van der Waals surface area contributed by atoms with Gasteiger partial charge >= 0.3 is 5.97 Å². The van der Waals surface area contributed by atoms with E-state index < -0.39 is 11.6 Å². The Hall–Kier alpha value is -3.41. The summed E-state index contributed by atoms with van der Waals surface area (Å²) in [5.41, 5.74) is 3.45. The van der Waals surface area contributed by atoms with Crippen LogP contribution in [0, 0.1) is 13.8 Å². The van der Waals surface area contributed by atoms with Gasteiger partial charge in [0.1, 0.15) is 0 Å². The van der Waals surface area contributed by atoms with E-state index in [1.165, 1.54) is 0 Å². The van der Waals surface area contributed by atoms with Gasteiger partial charge in [-0.25, -0.2) is 9.48 Å². The molecule has 4 rings (SSSR count). The van der Waals surface area contributed by atoms with Crippen LogP contribution in [0.2, 0.25) is 0 Å². The van der Waals surface area contributed by atoms with Crippen LogP contribution in [0.1, 0.15) is 34.2 Å². The first-order valence-electron chi connectivity index (χ1n) is 9.12. The van der Waals surface area contributed by atoms with Crippen molar-refractivity contribution in [3.8, 4) is 5.69 Å². The number of aromatic nitrogens is 2. The number of ether oxygens (including phenoxy) is 1. The minimum absolute atomic E-state index is 0.331. The molecule has 1 aromatic heterocycles. The smallest absolute Gasteiger partial charge is 0.339 e. The maximum absolute atomic E-state index is 13.0. The highest BCUT2D eigenvalue weighted by molar-refractivity contribution is 6.02. The number of rotatable bonds is 3. The summed E-state index contributed by atoms with van der Waals surface area (Å²) < 4.78 is 7.33. The average molecular weight is 375 g/mol. The van der Waals surface area contributed by atoms with Gasteiger partial charge < -0.3 is 10.1 Å². The van der Waals surface area contributed by atoms with Crippen molar-refractivity contribution in [3.63, 3.8) is 0 Å². The number of esters is 1. The highest BCUT2D eigenvalue weighted by Gasteiger charge is 2.42. The molecule has 1 amide bonds. The number of fused-ring (bicyclic) bond motifs is 1. The first-order chi connectivity index (χ1) is 13.4. The van der Waals surface area contributed by atoms with E-state index in [4.69, 9.17) is 4.74 Å². The molecule has 0 fully saturated rings. The lowest BCUT2D eigenvalue weighted by Gasteiger charge is -2.33. The molecule has 0 aliphatic carbocycles. The van der Waals surface area contributed by atoms with Crippen molar-refractivity contribution < 1.29 is 14.3 Å². The molecule has 0 saturated carbocycles. The number of amides is 1. The molecule has 1 unspecified atom stereocenters. The Morgan fingerprint density at radius 1 is 1.14 bits per heavy atom. The zero-order valence-corrected chi connectivity index (χ0v) is 16.0. The lowest BCUT2D eigenvalue weighted by atomic mass is 9.89. The molecular weight excluding hydrogens is 354 g/mol. The molecule has 28 heavy (non-hydrogen) atoms. The second-order valence-corrected chi connectivity index (χ2v) is 7.30. The third-order valence-electron chi connectivity index (χ3n) is 4.92. The fourth-order valence-electron chi connectivity index (χ4n) is 3.53. The van der Waals surface area contributed by atoms with Crippen molar-refractivity contribution >= 4 is 17.6 Å². The van der Waals surface area contributed by atoms with Crippen LogP contribution in [0.25, 0.3) is 5.69 Å². The molecule has 6 nitrogen and oxygen atoms in total. The molecule has 6 heteroatoms. The quantitative estimate of drug-likeness (QED) is 0.710. The van der Waals surface area contributed by atoms with Crippen molar-refractivity contribution in [3.05, 3.63) is 77.1 Å². The van der Waals surface area contributed by atoms with E-state index in [2.05, 4.69) is 10.4 Å². The molecule has 2 aromatic carbocycles. The molecule has 0 radical (unpaired) electrons. The lowest BCUT2D eigenvalue weighted by Crippen LogP contribution is -2.48. The molecule has 1 atom stereocenters. The number of nitrogens with zero attached hydrogens (tertiary/aromatic N) is 2. The van der Waals surface area contributed by atoms with Crippen molar-refractivity contribution in [2.75, 3.05) is 5.32 Å². The number of cyclic esters (lactones) is 1. The Morgan fingerprint density at radius 2 is 1.93 bits per heavy atom. The number of carbonyl (C=O) groups excluding carboxylic acids is 2. The summed E-state index contributed by atoms with van der Waals surface area (Å²) >= 11 is 0. The molecule has 0 spiro atoms. The second-order valence-electron chi connectivity index (χ2n) is 7.30. The van der Waals surface area contributed by atoms with Crippen LogP contribution in [0.4, 0.5) is 5.69 Å². The van der Waals surface area contributed by atoms with Crippen LogP contribution in [-0.2, 0) is 16.0 Å². The third-order valence-corrected chi connectivity index (χ3v) is 4.92. The molecule has 1 N–H and O–H groups in total. The number of carbonyl (C=O) groups is 2. The van der Waals surface area contributed by atoms with Gasteiger partial charge in [-0.2, -0.15) is 5.10 Å². The van der Waals surface area contributed by atoms with Crippen LogP contribution in [-0.4, -0.2) is 27.3 Å². The van der Waals surface area contributed by atoms with Crippen molar-refractivity contribution in [1.29, 1.82) is 0 Å². The molecule has 0 saturated heterocycles. The fourth-order valence-corrected chi connectivity index (χ4v) is 3.53. The third kappa shape index (κ3) is 3.17. The van der Waals surface area contributed by atoms with Crippen LogP contribution >= 0.6 is 0 Å². The molecule has 3 aromatic rings. The van der Waals surface area contributed by atoms with Gasteiger partial charge in [0.05, 0.1) is 16.9 Å². The number of benzene rings is 2. The summed E-state index contributed by atoms with van der Waals surface area (Å²) in [5.74, 6) is -0.836. The Morgan fingerprint density at radius 3 is 2.68 bits per heavy atom. The maximum Gasteiger partial charge on any atom is 0.339 e. The Kier molecular flexibility index (Phi) is 4.26. The number of hydrogen-bond donors (Lipinski definition) is 1. The topological polar surface area (TPSA) is 73.2 Å². The first kappa shape index (κ1) is 18.0. The van der Waals surface area contributed by atoms with Gasteiger partial charge in [-0.1, -0.05) is 24.3 Å². The van der Waals surface area contributed by atoms with Crippen molar-refractivity contribution in [1.82, 2.24) is 9.78 Å². The number of nitrogens with one attached hydrogen (secondary N) is 1. The Bertz CT molecular complexity index is 1090. The highest BCUT2D eigenvalue weighted by Crippen LogP contribution is 2.29. The minimum Gasteiger partial charge on any atom is -0.445 e. The van der Waals surface area contributed by atoms with Gasteiger partial charge in [0.15, 0.2) is 5.60 Å². The zero-order chi connectivity index (χ0) is 19.9. The van der Waals surface area contributed by atoms with Crippen molar-refractivity contribution in [2.24, 2.45) is 0 Å². The second kappa shape index (κ2) is 6.64. The van der Waals surface area contributed by atoms with Gasteiger partial charge in [-0.05, 0) is 56.7 Å². The molecular formula is C22H21N3O3. The largest absolute Gasteiger partial charge is 0.445 e. The summed E-state index contributed by atoms with van der Waals surface area (Å²) in [4.78, 5) is 25.3. The van der Waals surface area contributed by atoms with E-state index in [1.54, 1.807) is 25.1 Å². The van der Waals surface area contributed by atoms with Crippen LogP contribution in [0.3, 0.4) is 0 Å². The standard InChI is InChI=1S/C22H21N3O3/c1-14-11-15(2)25(24-14)18-9-6-8-17(12-18)23-21(27)22(3)13-16-7-4-5-10-19(16)20(26)28-22/h4-12H,13H2,1-3H3,(H,23,27). The molecule has 0 bridgehead atoms. The normalized spacial score (nSPS) is 18.3. The molecule has 1 aliphatic heterocycles. The van der Waals surface area contributed by atoms with Crippen LogP contribution < -0.4 is 5.32 Å². The van der Waals surface area contributed by atoms with E-state index in [-0.39, 0.29) is 5.91 Å². The van der Waals surface area contributed by atoms with E-state index >= 15 is 0 Å². The SMILES string of the molecule is Cc1cc(C)n(-c2cccc(NC(=O)C3(C)Cc4ccccc4C(=O)O3)c2)n1. The predicted molar refractivity (Wildman–Crippen MR) is 106 cm³/mol. The lowest BCUT2D eigenvalue weighted by molar-refractivity contribution is -0.134. The Balaban J connectivity index is 1.58. The van der Waals surface area contributed by atoms with E-state index in [0.29, 0.717) is 17.7 Å². The van der Waals surface area contributed by atoms with E-state index in [9.17, 15) is 9.59 Å². The van der Waals surface area contributed by atoms with Gasteiger partial charge in [-0.3, -0.25) is 4.79 Å². The summed E-state index contributed by atoms with van der Waals surface area (Å²) in [6.07, 6.45) is 0.331. The fraction of sp³-hybridized carbons (Fsp3) is 0.227. The maximum atomic E-state index is 13.0. The highest BCUT2D eigenvalue weighted by atomic mass is 16.6. The first-order valence-corrected chi connectivity index (χ1v) is 9.12. The van der Waals surface area contributed by atoms with Gasteiger partial charge in [0.25, 0.3) is 5.91 Å². The average Bonchev–Trinajstić information content (AvgIpc) is 3.00. The Labute approximate surface area is 163 Å². The van der Waals surface area contributed by atoms with E-state index in [0.717, 1.165) is 22.6 Å². The molecule has 2 heterocycles. The van der Waals surface area contributed by atoms with Crippen molar-refractivity contribution in [2.45, 2.75) is 32.8 Å². The minimum atomic E-state index is -1.26. The monoisotopic (exact) mass is 375 g/mol. The van der Waals surface area contributed by atoms with E-state index in [1.807, 2.05) is 54.9 Å². The molecule has 142 valence electrons. The number of aryl methyl sites for hydroxylation is 2.